The molecule has 100 valence electrons. The number of amides is 2. The second-order valence-electron chi connectivity index (χ2n) is 5.65. The molecule has 4 nitrogen and oxygen atoms in total. The van der Waals surface area contributed by atoms with E-state index in [0.29, 0.717) is 6.42 Å². The van der Waals surface area contributed by atoms with Crippen molar-refractivity contribution in [3.63, 3.8) is 0 Å². The first kappa shape index (κ1) is 12.3. The van der Waals surface area contributed by atoms with Gasteiger partial charge in [0.15, 0.2) is 0 Å². The van der Waals surface area contributed by atoms with Crippen molar-refractivity contribution in [1.29, 1.82) is 0 Å². The van der Waals surface area contributed by atoms with E-state index in [0.717, 1.165) is 38.1 Å². The monoisotopic (exact) mass is 268 g/mol. The first-order valence-corrected chi connectivity index (χ1v) is 7.85. The van der Waals surface area contributed by atoms with Gasteiger partial charge in [-0.05, 0) is 32.6 Å². The number of likely N-dealkylation sites (tertiary alicyclic amines) is 1. The van der Waals surface area contributed by atoms with E-state index in [1.54, 1.807) is 11.8 Å². The Bertz CT molecular complexity index is 381. The largest absolute Gasteiger partial charge is 0.341 e. The summed E-state index contributed by atoms with van der Waals surface area (Å²) in [6.07, 6.45) is 4.94. The second-order valence-corrected chi connectivity index (χ2v) is 7.15. The molecular formula is C13H20N2O2S. The third-order valence-corrected chi connectivity index (χ3v) is 5.90. The van der Waals surface area contributed by atoms with Crippen LogP contribution >= 0.6 is 11.8 Å². The molecule has 0 spiro atoms. The molecule has 0 aromatic rings. The Balaban J connectivity index is 1.76. The summed E-state index contributed by atoms with van der Waals surface area (Å²) >= 11 is 1.78. The molecule has 3 aliphatic heterocycles. The fourth-order valence-electron chi connectivity index (χ4n) is 3.33. The molecule has 0 aliphatic carbocycles. The van der Waals surface area contributed by atoms with Crippen molar-refractivity contribution in [1.82, 2.24) is 9.80 Å². The lowest BCUT2D eigenvalue weighted by Gasteiger charge is -2.34. The van der Waals surface area contributed by atoms with Gasteiger partial charge in [0.2, 0.25) is 11.8 Å². The molecule has 0 radical (unpaired) electrons. The summed E-state index contributed by atoms with van der Waals surface area (Å²) in [5.74, 6) is 1.12. The Labute approximate surface area is 112 Å². The van der Waals surface area contributed by atoms with Crippen molar-refractivity contribution in [3.05, 3.63) is 0 Å². The van der Waals surface area contributed by atoms with E-state index in [-0.39, 0.29) is 22.7 Å². The molecule has 18 heavy (non-hydrogen) atoms. The number of carbonyl (C=O) groups excluding carboxylic acids is 2. The van der Waals surface area contributed by atoms with Crippen molar-refractivity contribution in [2.75, 3.05) is 18.8 Å². The molecule has 3 rings (SSSR count). The van der Waals surface area contributed by atoms with E-state index < -0.39 is 0 Å². The minimum atomic E-state index is -0.201. The van der Waals surface area contributed by atoms with Crippen molar-refractivity contribution < 1.29 is 9.59 Å². The Morgan fingerprint density at radius 2 is 2.06 bits per heavy atom. The van der Waals surface area contributed by atoms with Gasteiger partial charge in [-0.25, -0.2) is 0 Å². The maximum absolute atomic E-state index is 12.5. The Kier molecular flexibility index (Phi) is 3.04. The molecule has 0 aromatic heterocycles. The first-order valence-electron chi connectivity index (χ1n) is 6.87. The number of nitrogens with zero attached hydrogens (tertiary/aromatic N) is 2. The number of rotatable bonds is 1. The molecule has 5 heteroatoms. The van der Waals surface area contributed by atoms with Crippen LogP contribution in [0.2, 0.25) is 0 Å². The number of piperidine rings is 1. The number of hydrogen-bond donors (Lipinski definition) is 0. The molecule has 3 aliphatic rings. The summed E-state index contributed by atoms with van der Waals surface area (Å²) in [7, 11) is 0. The third kappa shape index (κ3) is 1.83. The zero-order valence-corrected chi connectivity index (χ0v) is 11.7. The SMILES string of the molecule is C[C@]12CCC(=O)N1[C@@H](C(=O)N1CCCCC1)CS2. The van der Waals surface area contributed by atoms with Crippen LogP contribution in [0.15, 0.2) is 0 Å². The van der Waals surface area contributed by atoms with Gasteiger partial charge in [0.05, 0.1) is 4.87 Å². The standard InChI is InChI=1S/C13H20N2O2S/c1-13-6-5-11(16)15(13)10(9-18-13)12(17)14-7-3-2-4-8-14/h10H,2-9H2,1H3/t10-,13+/m1/s1. The van der Waals surface area contributed by atoms with Crippen molar-refractivity contribution in [2.24, 2.45) is 0 Å². The Morgan fingerprint density at radius 3 is 2.78 bits per heavy atom. The number of hydrogen-bond acceptors (Lipinski definition) is 3. The molecule has 0 unspecified atom stereocenters. The molecule has 3 heterocycles. The third-order valence-electron chi connectivity index (χ3n) is 4.40. The molecule has 2 atom stereocenters. The van der Waals surface area contributed by atoms with Gasteiger partial charge in [-0.1, -0.05) is 0 Å². The lowest BCUT2D eigenvalue weighted by atomic mass is 10.1. The summed E-state index contributed by atoms with van der Waals surface area (Å²) in [5, 5.41) is 0. The predicted molar refractivity (Wildman–Crippen MR) is 71.2 cm³/mol. The number of thioether (sulfide) groups is 1. The van der Waals surface area contributed by atoms with E-state index in [9.17, 15) is 9.59 Å². The van der Waals surface area contributed by atoms with E-state index in [2.05, 4.69) is 6.92 Å². The maximum Gasteiger partial charge on any atom is 0.246 e. The maximum atomic E-state index is 12.5. The fourth-order valence-corrected chi connectivity index (χ4v) is 4.75. The van der Waals surface area contributed by atoms with Crippen LogP contribution in [0.1, 0.15) is 39.0 Å². The van der Waals surface area contributed by atoms with Gasteiger partial charge in [-0.2, -0.15) is 0 Å². The molecule has 0 saturated carbocycles. The van der Waals surface area contributed by atoms with Gasteiger partial charge in [0.25, 0.3) is 0 Å². The van der Waals surface area contributed by atoms with Crippen LogP contribution in [0, 0.1) is 0 Å². The number of carbonyl (C=O) groups is 2. The van der Waals surface area contributed by atoms with Gasteiger partial charge >= 0.3 is 0 Å². The van der Waals surface area contributed by atoms with E-state index in [4.69, 9.17) is 0 Å². The highest BCUT2D eigenvalue weighted by atomic mass is 32.2. The molecule has 0 aromatic carbocycles. The van der Waals surface area contributed by atoms with Crippen LogP contribution in [0.4, 0.5) is 0 Å². The van der Waals surface area contributed by atoms with Gasteiger partial charge in [0.1, 0.15) is 6.04 Å². The van der Waals surface area contributed by atoms with Gasteiger partial charge in [0, 0.05) is 25.3 Å². The van der Waals surface area contributed by atoms with E-state index >= 15 is 0 Å². The van der Waals surface area contributed by atoms with Crippen LogP contribution in [0.25, 0.3) is 0 Å². The Morgan fingerprint density at radius 1 is 1.33 bits per heavy atom. The predicted octanol–water partition coefficient (Wildman–Crippen LogP) is 1.45. The summed E-state index contributed by atoms with van der Waals surface area (Å²) in [5.41, 5.74) is 0. The minimum absolute atomic E-state index is 0.118. The van der Waals surface area contributed by atoms with Crippen LogP contribution < -0.4 is 0 Å². The highest BCUT2D eigenvalue weighted by Gasteiger charge is 2.53. The smallest absolute Gasteiger partial charge is 0.246 e. The number of fused-ring (bicyclic) bond motifs is 1. The zero-order valence-electron chi connectivity index (χ0n) is 10.9. The van der Waals surface area contributed by atoms with Gasteiger partial charge in [-0.15, -0.1) is 11.8 Å². The topological polar surface area (TPSA) is 40.6 Å². The first-order chi connectivity index (χ1) is 8.62. The fraction of sp³-hybridized carbons (Fsp3) is 0.846. The lowest BCUT2D eigenvalue weighted by Crippen LogP contribution is -2.52. The summed E-state index contributed by atoms with van der Waals surface area (Å²) in [6, 6.07) is -0.201. The van der Waals surface area contributed by atoms with Gasteiger partial charge in [-0.3, -0.25) is 9.59 Å². The molecule has 0 N–H and O–H groups in total. The molecular weight excluding hydrogens is 248 g/mol. The van der Waals surface area contributed by atoms with Crippen LogP contribution in [0.3, 0.4) is 0 Å². The van der Waals surface area contributed by atoms with Crippen molar-refractivity contribution >= 4 is 23.6 Å². The second kappa shape index (κ2) is 4.44. The van der Waals surface area contributed by atoms with Crippen molar-refractivity contribution in [2.45, 2.75) is 49.9 Å². The molecule has 2 amide bonds. The normalized spacial score (nSPS) is 36.1. The minimum Gasteiger partial charge on any atom is -0.341 e. The van der Waals surface area contributed by atoms with E-state index in [1.165, 1.54) is 6.42 Å². The highest BCUT2D eigenvalue weighted by molar-refractivity contribution is 8.01. The van der Waals surface area contributed by atoms with Crippen molar-refractivity contribution in [3.8, 4) is 0 Å². The molecule has 0 bridgehead atoms. The molecule has 3 saturated heterocycles. The van der Waals surface area contributed by atoms with Crippen LogP contribution in [-0.2, 0) is 9.59 Å². The quantitative estimate of drug-likeness (QED) is 0.723. The average molecular weight is 268 g/mol. The summed E-state index contributed by atoms with van der Waals surface area (Å²) in [4.78, 5) is 28.3. The summed E-state index contributed by atoms with van der Waals surface area (Å²) in [6.45, 7) is 3.85. The average Bonchev–Trinajstić information content (AvgIpc) is 2.87. The lowest BCUT2D eigenvalue weighted by molar-refractivity contribution is -0.144. The summed E-state index contributed by atoms with van der Waals surface area (Å²) < 4.78 is 0. The van der Waals surface area contributed by atoms with Crippen LogP contribution in [0.5, 0.6) is 0 Å². The van der Waals surface area contributed by atoms with Crippen LogP contribution in [-0.4, -0.2) is 51.4 Å². The highest BCUT2D eigenvalue weighted by Crippen LogP contribution is 2.47. The molecule has 3 fully saturated rings. The zero-order chi connectivity index (χ0) is 12.8. The van der Waals surface area contributed by atoms with E-state index in [1.807, 2.05) is 9.80 Å². The van der Waals surface area contributed by atoms with Gasteiger partial charge < -0.3 is 9.80 Å². The Hall–Kier alpha value is -0.710.